The topological polar surface area (TPSA) is 37.4 Å². The number of anilines is 3. The van der Waals surface area contributed by atoms with Gasteiger partial charge in [0.2, 0.25) is 5.85 Å². The first-order valence-corrected chi connectivity index (χ1v) is 7.24. The molecule has 1 aromatic heterocycles. The summed E-state index contributed by atoms with van der Waals surface area (Å²) in [4.78, 5) is 6.77. The lowest BCUT2D eigenvalue weighted by molar-refractivity contribution is 0.0414. The highest BCUT2D eigenvalue weighted by atomic mass is 16.5. The molecule has 0 aliphatic carbocycles. The van der Waals surface area contributed by atoms with Gasteiger partial charge in [0.1, 0.15) is 5.82 Å². The van der Waals surface area contributed by atoms with Crippen molar-refractivity contribution in [3.63, 3.8) is 0 Å². The molecule has 0 radical (unpaired) electrons. The Balaban J connectivity index is 2.20. The van der Waals surface area contributed by atoms with Gasteiger partial charge in [-0.15, -0.1) is 0 Å². The summed E-state index contributed by atoms with van der Waals surface area (Å²) < 4.78 is 5.76. The van der Waals surface area contributed by atoms with Crippen LogP contribution in [0, 0.1) is 0 Å². The van der Waals surface area contributed by atoms with Crippen molar-refractivity contribution < 1.29 is 4.74 Å². The number of fused-ring (bicyclic) bond motifs is 1. The highest BCUT2D eigenvalue weighted by molar-refractivity contribution is 5.83. The van der Waals surface area contributed by atoms with Crippen LogP contribution in [0.4, 0.5) is 17.2 Å². The van der Waals surface area contributed by atoms with E-state index < -0.39 is 5.85 Å². The van der Waals surface area contributed by atoms with E-state index in [-0.39, 0.29) is 0 Å². The minimum atomic E-state index is -0.637. The number of rotatable bonds is 3. The second-order valence-electron chi connectivity index (χ2n) is 5.74. The van der Waals surface area contributed by atoms with Crippen LogP contribution in [-0.2, 0) is 4.74 Å². The molecule has 1 N–H and O–H groups in total. The largest absolute Gasteiger partial charge is 0.341 e. The van der Waals surface area contributed by atoms with Crippen molar-refractivity contribution in [2.24, 2.45) is 0 Å². The van der Waals surface area contributed by atoms with Crippen molar-refractivity contribution in [3.05, 3.63) is 48.2 Å². The molecule has 0 spiro atoms. The van der Waals surface area contributed by atoms with Crippen molar-refractivity contribution in [2.45, 2.75) is 32.5 Å². The van der Waals surface area contributed by atoms with E-state index in [1.165, 1.54) is 5.56 Å². The van der Waals surface area contributed by atoms with Crippen LogP contribution in [-0.4, -0.2) is 17.9 Å². The van der Waals surface area contributed by atoms with Crippen molar-refractivity contribution >= 4 is 17.2 Å². The average Bonchev–Trinajstić information content (AvgIpc) is 2.79. The van der Waals surface area contributed by atoms with E-state index in [4.69, 9.17) is 4.74 Å². The second kappa shape index (κ2) is 5.04. The van der Waals surface area contributed by atoms with Crippen molar-refractivity contribution in [1.29, 1.82) is 0 Å². The molecule has 0 bridgehead atoms. The predicted octanol–water partition coefficient (Wildman–Crippen LogP) is 4.09. The molecule has 1 aliphatic rings. The van der Waals surface area contributed by atoms with Crippen LogP contribution < -0.4 is 10.2 Å². The molecule has 2 heterocycles. The molecule has 0 amide bonds. The van der Waals surface area contributed by atoms with Gasteiger partial charge in [-0.3, -0.25) is 4.90 Å². The number of nitrogens with zero attached hydrogens (tertiary/aromatic N) is 2. The molecule has 1 aromatic carbocycles. The molecule has 0 fully saturated rings. The van der Waals surface area contributed by atoms with Crippen LogP contribution in [0.2, 0.25) is 0 Å². The number of methoxy groups -OCH3 is 1. The van der Waals surface area contributed by atoms with Gasteiger partial charge in [-0.2, -0.15) is 0 Å². The molecule has 110 valence electrons. The van der Waals surface area contributed by atoms with Gasteiger partial charge in [0.25, 0.3) is 0 Å². The lowest BCUT2D eigenvalue weighted by Crippen LogP contribution is -2.47. The van der Waals surface area contributed by atoms with E-state index in [1.807, 2.05) is 31.3 Å². The molecule has 1 atom stereocenters. The highest BCUT2D eigenvalue weighted by Gasteiger charge is 2.42. The van der Waals surface area contributed by atoms with Crippen molar-refractivity contribution in [3.8, 4) is 0 Å². The summed E-state index contributed by atoms with van der Waals surface area (Å²) in [6, 6.07) is 12.3. The Morgan fingerprint density at radius 3 is 2.67 bits per heavy atom. The monoisotopic (exact) mass is 283 g/mol. The van der Waals surface area contributed by atoms with Gasteiger partial charge in [0.15, 0.2) is 0 Å². The Hall–Kier alpha value is -2.07. The lowest BCUT2D eigenvalue weighted by atomic mass is 10.0. The summed E-state index contributed by atoms with van der Waals surface area (Å²) in [5.74, 6) is 0.693. The van der Waals surface area contributed by atoms with Gasteiger partial charge in [0, 0.05) is 20.2 Å². The van der Waals surface area contributed by atoms with E-state index in [9.17, 15) is 0 Å². The van der Waals surface area contributed by atoms with Crippen LogP contribution in [0.3, 0.4) is 0 Å². The van der Waals surface area contributed by atoms with Gasteiger partial charge < -0.3 is 10.1 Å². The molecule has 21 heavy (non-hydrogen) atoms. The molecule has 3 rings (SSSR count). The van der Waals surface area contributed by atoms with Gasteiger partial charge in [0.05, 0.1) is 11.4 Å². The van der Waals surface area contributed by atoms with E-state index in [1.54, 1.807) is 7.11 Å². The average molecular weight is 283 g/mol. The summed E-state index contributed by atoms with van der Waals surface area (Å²) >= 11 is 0. The Kier molecular flexibility index (Phi) is 3.33. The number of aromatic nitrogens is 1. The maximum absolute atomic E-state index is 5.76. The van der Waals surface area contributed by atoms with E-state index in [2.05, 4.69) is 47.2 Å². The number of benzene rings is 1. The number of ether oxygens (including phenoxy) is 1. The fraction of sp³-hybridized carbons (Fsp3) is 0.353. The third-order valence-electron chi connectivity index (χ3n) is 3.99. The third-order valence-corrected chi connectivity index (χ3v) is 3.99. The molecule has 1 unspecified atom stereocenters. The van der Waals surface area contributed by atoms with Gasteiger partial charge in [-0.25, -0.2) is 4.98 Å². The minimum absolute atomic E-state index is 0.391. The van der Waals surface area contributed by atoms with Gasteiger partial charge >= 0.3 is 0 Å². The normalized spacial score (nSPS) is 20.5. The number of nitrogens with one attached hydrogen (secondary N) is 1. The summed E-state index contributed by atoms with van der Waals surface area (Å²) in [5, 5.41) is 3.44. The molecule has 1 aliphatic heterocycles. The maximum Gasteiger partial charge on any atom is 0.221 e. The number of para-hydroxylation sites is 2. The summed E-state index contributed by atoms with van der Waals surface area (Å²) in [5.41, 5.74) is 3.35. The fourth-order valence-electron chi connectivity index (χ4n) is 2.82. The smallest absolute Gasteiger partial charge is 0.221 e. The van der Waals surface area contributed by atoms with Crippen molar-refractivity contribution in [2.75, 3.05) is 17.3 Å². The van der Waals surface area contributed by atoms with E-state index in [0.717, 1.165) is 17.2 Å². The standard InChI is InChI=1S/C17H21N3O/c1-12(2)13-8-7-11-18-16(13)20-15-10-6-5-9-14(15)19-17(20,3)21-4/h5-12,19H,1-4H3. The first-order chi connectivity index (χ1) is 10.1. The molecular formula is C17H21N3O. The zero-order valence-electron chi connectivity index (χ0n) is 12.9. The number of hydrogen-bond acceptors (Lipinski definition) is 4. The van der Waals surface area contributed by atoms with Gasteiger partial charge in [-0.05, 0) is 29.7 Å². The summed E-state index contributed by atoms with van der Waals surface area (Å²) in [6.45, 7) is 6.38. The van der Waals surface area contributed by atoms with Gasteiger partial charge in [-0.1, -0.05) is 32.0 Å². The molecular weight excluding hydrogens is 262 g/mol. The molecule has 2 aromatic rings. The fourth-order valence-corrected chi connectivity index (χ4v) is 2.82. The quantitative estimate of drug-likeness (QED) is 0.920. The first kappa shape index (κ1) is 13.9. The van der Waals surface area contributed by atoms with Crippen LogP contribution in [0.25, 0.3) is 0 Å². The Labute approximate surface area is 125 Å². The number of hydrogen-bond donors (Lipinski definition) is 1. The van der Waals surface area contributed by atoms with Crippen LogP contribution in [0.1, 0.15) is 32.3 Å². The second-order valence-corrected chi connectivity index (χ2v) is 5.74. The van der Waals surface area contributed by atoms with Crippen LogP contribution >= 0.6 is 0 Å². The minimum Gasteiger partial charge on any atom is -0.341 e. The summed E-state index contributed by atoms with van der Waals surface area (Å²) in [6.07, 6.45) is 1.83. The Morgan fingerprint density at radius 1 is 1.19 bits per heavy atom. The highest BCUT2D eigenvalue weighted by Crippen LogP contribution is 2.46. The number of pyridine rings is 1. The van der Waals surface area contributed by atoms with E-state index >= 15 is 0 Å². The molecule has 4 nitrogen and oxygen atoms in total. The Bertz CT molecular complexity index is 656. The van der Waals surface area contributed by atoms with Crippen LogP contribution in [0.5, 0.6) is 0 Å². The zero-order valence-corrected chi connectivity index (χ0v) is 12.9. The van der Waals surface area contributed by atoms with E-state index in [0.29, 0.717) is 5.92 Å². The molecule has 4 heteroatoms. The third kappa shape index (κ3) is 2.16. The SMILES string of the molecule is COC1(C)Nc2ccccc2N1c1ncccc1C(C)C. The lowest BCUT2D eigenvalue weighted by Gasteiger charge is -2.35. The first-order valence-electron chi connectivity index (χ1n) is 7.24. The maximum atomic E-state index is 5.76. The Morgan fingerprint density at radius 2 is 1.95 bits per heavy atom. The predicted molar refractivity (Wildman–Crippen MR) is 85.9 cm³/mol. The molecule has 0 saturated heterocycles. The molecule has 0 saturated carbocycles. The van der Waals surface area contributed by atoms with Crippen molar-refractivity contribution in [1.82, 2.24) is 4.98 Å². The zero-order chi connectivity index (χ0) is 15.0. The summed E-state index contributed by atoms with van der Waals surface area (Å²) in [7, 11) is 1.71. The van der Waals surface area contributed by atoms with Crippen LogP contribution in [0.15, 0.2) is 42.6 Å².